The molecule has 2 aromatic heterocycles. The summed E-state index contributed by atoms with van der Waals surface area (Å²) in [5.74, 6) is -0.0290. The molecular formula is C12H14N6O3. The lowest BCUT2D eigenvalue weighted by Gasteiger charge is -2.15. The van der Waals surface area contributed by atoms with Crippen LogP contribution in [-0.2, 0) is 11.4 Å². The highest BCUT2D eigenvalue weighted by Gasteiger charge is 2.32. The van der Waals surface area contributed by atoms with E-state index < -0.39 is 0 Å². The number of nitrogen functional groups attached to an aromatic ring is 1. The van der Waals surface area contributed by atoms with E-state index in [1.807, 2.05) is 0 Å². The molecule has 0 radical (unpaired) electrons. The highest BCUT2D eigenvalue weighted by molar-refractivity contribution is 5.95. The van der Waals surface area contributed by atoms with Gasteiger partial charge in [0.2, 0.25) is 11.9 Å². The molecule has 3 heterocycles. The first-order valence-corrected chi connectivity index (χ1v) is 6.43. The Kier molecular flexibility index (Phi) is 3.35. The van der Waals surface area contributed by atoms with Crippen molar-refractivity contribution < 1.29 is 15.0 Å². The molecule has 9 nitrogen and oxygen atoms in total. The molecule has 0 bridgehead atoms. The summed E-state index contributed by atoms with van der Waals surface area (Å²) in [4.78, 5) is 29.8. The molecule has 21 heavy (non-hydrogen) atoms. The van der Waals surface area contributed by atoms with E-state index in [-0.39, 0.29) is 54.4 Å². The monoisotopic (exact) mass is 290 g/mol. The van der Waals surface area contributed by atoms with Gasteiger partial charge in [-0.05, 0) is 0 Å². The number of nitrogens with two attached hydrogens (primary N) is 1. The Hall–Kier alpha value is -2.39. The quantitative estimate of drug-likeness (QED) is 0.643. The van der Waals surface area contributed by atoms with Crippen molar-refractivity contribution in [2.45, 2.75) is 13.0 Å². The Morgan fingerprint density at radius 2 is 2.14 bits per heavy atom. The molecule has 1 unspecified atom stereocenters. The lowest BCUT2D eigenvalue weighted by atomic mass is 10.1. The Bertz CT molecular complexity index is 707. The summed E-state index contributed by atoms with van der Waals surface area (Å²) in [6.45, 7) is 0.0281. The Morgan fingerprint density at radius 3 is 2.81 bits per heavy atom. The Morgan fingerprint density at radius 1 is 1.33 bits per heavy atom. The number of hydrogen-bond acceptors (Lipinski definition) is 8. The van der Waals surface area contributed by atoms with Crippen LogP contribution in [0.1, 0.15) is 12.1 Å². The second-order valence-electron chi connectivity index (χ2n) is 4.86. The van der Waals surface area contributed by atoms with Crippen molar-refractivity contribution >= 4 is 28.8 Å². The van der Waals surface area contributed by atoms with Crippen LogP contribution in [0.15, 0.2) is 6.20 Å². The standard InChI is InChI=1S/C12H14N6O3/c13-10-9-11(14-2-7(5-20)15-9)17-12(16-10)18-3-6(4-19)1-8(18)21/h2,6,19-20H,1,3-5H2,(H2,13,14,16,17). The molecule has 2 aromatic rings. The number of hydrogen-bond donors (Lipinski definition) is 3. The van der Waals surface area contributed by atoms with Crippen molar-refractivity contribution in [1.82, 2.24) is 19.9 Å². The summed E-state index contributed by atoms with van der Waals surface area (Å²) >= 11 is 0. The van der Waals surface area contributed by atoms with E-state index in [1.54, 1.807) is 0 Å². The van der Waals surface area contributed by atoms with Gasteiger partial charge >= 0.3 is 0 Å². The van der Waals surface area contributed by atoms with Crippen LogP contribution in [0, 0.1) is 5.92 Å². The van der Waals surface area contributed by atoms with Crippen LogP contribution < -0.4 is 10.6 Å². The molecule has 3 rings (SSSR count). The van der Waals surface area contributed by atoms with Crippen molar-refractivity contribution in [2.24, 2.45) is 5.92 Å². The van der Waals surface area contributed by atoms with Crippen molar-refractivity contribution in [3.05, 3.63) is 11.9 Å². The molecule has 1 fully saturated rings. The van der Waals surface area contributed by atoms with E-state index in [0.717, 1.165) is 0 Å². The van der Waals surface area contributed by atoms with Gasteiger partial charge in [-0.3, -0.25) is 9.69 Å². The van der Waals surface area contributed by atoms with Crippen molar-refractivity contribution in [2.75, 3.05) is 23.8 Å². The smallest absolute Gasteiger partial charge is 0.236 e. The molecule has 1 amide bonds. The third-order valence-corrected chi connectivity index (χ3v) is 3.34. The van der Waals surface area contributed by atoms with Crippen LogP contribution in [0.5, 0.6) is 0 Å². The molecule has 1 aliphatic heterocycles. The van der Waals surface area contributed by atoms with Crippen LogP contribution in [0.25, 0.3) is 11.2 Å². The van der Waals surface area contributed by atoms with Crippen LogP contribution in [-0.4, -0.2) is 49.2 Å². The van der Waals surface area contributed by atoms with Gasteiger partial charge in [0.1, 0.15) is 0 Å². The number of aliphatic hydroxyl groups excluding tert-OH is 2. The molecule has 9 heteroatoms. The molecule has 1 saturated heterocycles. The van der Waals surface area contributed by atoms with E-state index in [1.165, 1.54) is 11.1 Å². The van der Waals surface area contributed by atoms with E-state index >= 15 is 0 Å². The third kappa shape index (κ3) is 2.36. The Balaban J connectivity index is 2.03. The molecule has 0 spiro atoms. The van der Waals surface area contributed by atoms with Crippen LogP contribution in [0.2, 0.25) is 0 Å². The number of carbonyl (C=O) groups is 1. The van der Waals surface area contributed by atoms with E-state index in [9.17, 15) is 4.79 Å². The maximum atomic E-state index is 11.9. The zero-order chi connectivity index (χ0) is 15.0. The summed E-state index contributed by atoms with van der Waals surface area (Å²) in [5, 5.41) is 18.2. The summed E-state index contributed by atoms with van der Waals surface area (Å²) in [6, 6.07) is 0. The van der Waals surface area contributed by atoms with E-state index in [4.69, 9.17) is 15.9 Å². The van der Waals surface area contributed by atoms with Gasteiger partial charge in [0.25, 0.3) is 0 Å². The van der Waals surface area contributed by atoms with Crippen molar-refractivity contribution in [3.63, 3.8) is 0 Å². The van der Waals surface area contributed by atoms with Crippen molar-refractivity contribution in [1.29, 1.82) is 0 Å². The fourth-order valence-corrected chi connectivity index (χ4v) is 2.25. The molecule has 110 valence electrons. The SMILES string of the molecule is Nc1nc(N2CC(CO)CC2=O)nc2ncc(CO)nc12. The number of rotatable bonds is 3. The average Bonchev–Trinajstić information content (AvgIpc) is 2.88. The topological polar surface area (TPSA) is 138 Å². The van der Waals surface area contributed by atoms with Crippen LogP contribution in [0.3, 0.4) is 0 Å². The van der Waals surface area contributed by atoms with Crippen molar-refractivity contribution in [3.8, 4) is 0 Å². The van der Waals surface area contributed by atoms with Crippen LogP contribution >= 0.6 is 0 Å². The van der Waals surface area contributed by atoms with Gasteiger partial charge in [-0.2, -0.15) is 9.97 Å². The number of amides is 1. The fourth-order valence-electron chi connectivity index (χ4n) is 2.25. The van der Waals surface area contributed by atoms with E-state index in [0.29, 0.717) is 12.2 Å². The second-order valence-corrected chi connectivity index (χ2v) is 4.86. The fraction of sp³-hybridized carbons (Fsp3) is 0.417. The number of carbonyl (C=O) groups excluding carboxylic acids is 1. The molecule has 0 aliphatic carbocycles. The molecule has 1 aliphatic rings. The van der Waals surface area contributed by atoms with Gasteiger partial charge in [0.15, 0.2) is 17.0 Å². The largest absolute Gasteiger partial charge is 0.396 e. The number of anilines is 2. The van der Waals surface area contributed by atoms with Gasteiger partial charge < -0.3 is 15.9 Å². The minimum atomic E-state index is -0.257. The summed E-state index contributed by atoms with van der Waals surface area (Å²) in [6.07, 6.45) is 1.65. The number of fused-ring (bicyclic) bond motifs is 1. The molecule has 4 N–H and O–H groups in total. The highest BCUT2D eigenvalue weighted by atomic mass is 16.3. The van der Waals surface area contributed by atoms with Gasteiger partial charge in [-0.25, -0.2) is 9.97 Å². The Labute approximate surface area is 119 Å². The molecular weight excluding hydrogens is 276 g/mol. The summed E-state index contributed by atoms with van der Waals surface area (Å²) in [7, 11) is 0. The third-order valence-electron chi connectivity index (χ3n) is 3.34. The van der Waals surface area contributed by atoms with Crippen LogP contribution in [0.4, 0.5) is 11.8 Å². The lowest BCUT2D eigenvalue weighted by Crippen LogP contribution is -2.27. The maximum absolute atomic E-state index is 11.9. The normalized spacial score (nSPS) is 18.7. The number of nitrogens with zero attached hydrogens (tertiary/aromatic N) is 5. The van der Waals surface area contributed by atoms with Gasteiger partial charge in [-0.1, -0.05) is 0 Å². The zero-order valence-electron chi connectivity index (χ0n) is 11.1. The first kappa shape index (κ1) is 13.6. The molecule has 1 atom stereocenters. The van der Waals surface area contributed by atoms with Gasteiger partial charge in [-0.15, -0.1) is 0 Å². The highest BCUT2D eigenvalue weighted by Crippen LogP contribution is 2.24. The first-order valence-electron chi connectivity index (χ1n) is 6.43. The second kappa shape index (κ2) is 5.19. The number of aliphatic hydroxyl groups is 2. The van der Waals surface area contributed by atoms with Gasteiger partial charge in [0, 0.05) is 25.5 Å². The predicted molar refractivity (Wildman–Crippen MR) is 73.0 cm³/mol. The minimum Gasteiger partial charge on any atom is -0.396 e. The zero-order valence-corrected chi connectivity index (χ0v) is 11.1. The van der Waals surface area contributed by atoms with Gasteiger partial charge in [0.05, 0.1) is 18.5 Å². The molecule has 0 aromatic carbocycles. The molecule has 0 saturated carbocycles. The average molecular weight is 290 g/mol. The lowest BCUT2D eigenvalue weighted by molar-refractivity contribution is -0.117. The first-order chi connectivity index (χ1) is 10.1. The predicted octanol–water partition coefficient (Wildman–Crippen LogP) is -1.16. The maximum Gasteiger partial charge on any atom is 0.236 e. The number of aromatic nitrogens is 4. The minimum absolute atomic E-state index is 0.0645. The summed E-state index contributed by atoms with van der Waals surface area (Å²) in [5.41, 5.74) is 6.75. The summed E-state index contributed by atoms with van der Waals surface area (Å²) < 4.78 is 0. The van der Waals surface area contributed by atoms with E-state index in [2.05, 4.69) is 19.9 Å².